The highest BCUT2D eigenvalue weighted by Crippen LogP contribution is 2.36. The fourth-order valence-electron chi connectivity index (χ4n) is 2.93. The number of hydrogen-bond donors (Lipinski definition) is 0. The predicted molar refractivity (Wildman–Crippen MR) is 101 cm³/mol. The van der Waals surface area contributed by atoms with E-state index >= 15 is 0 Å². The summed E-state index contributed by atoms with van der Waals surface area (Å²) in [4.78, 5) is 4.07. The Kier molecular flexibility index (Phi) is 5.03. The maximum absolute atomic E-state index is 13.2. The molecule has 0 saturated carbocycles. The first-order chi connectivity index (χ1) is 14.0. The summed E-state index contributed by atoms with van der Waals surface area (Å²) in [6.07, 6.45) is -4.52. The third-order valence-corrected chi connectivity index (χ3v) is 4.26. The summed E-state index contributed by atoms with van der Waals surface area (Å²) in [6, 6.07) is 22.2. The Morgan fingerprint density at radius 3 is 2.21 bits per heavy atom. The van der Waals surface area contributed by atoms with Crippen molar-refractivity contribution in [2.45, 2.75) is 12.8 Å². The minimum absolute atomic E-state index is 0.0401. The molecule has 4 rings (SSSR count). The molecule has 0 atom stereocenters. The van der Waals surface area contributed by atoms with Gasteiger partial charge in [0, 0.05) is 5.56 Å². The summed E-state index contributed by atoms with van der Waals surface area (Å²) in [5.41, 5.74) is 0.879. The van der Waals surface area contributed by atoms with E-state index in [-0.39, 0.29) is 23.9 Å². The average Bonchev–Trinajstić information content (AvgIpc) is 3.21. The van der Waals surface area contributed by atoms with Crippen molar-refractivity contribution in [2.24, 2.45) is 0 Å². The van der Waals surface area contributed by atoms with Crippen molar-refractivity contribution in [3.8, 4) is 28.3 Å². The number of benzene rings is 3. The van der Waals surface area contributed by atoms with Gasteiger partial charge in [-0.05, 0) is 23.8 Å². The van der Waals surface area contributed by atoms with Crippen LogP contribution in [0.2, 0.25) is 0 Å². The van der Waals surface area contributed by atoms with Crippen molar-refractivity contribution in [2.75, 3.05) is 0 Å². The highest BCUT2D eigenvalue weighted by Gasteiger charge is 2.34. The maximum atomic E-state index is 13.2. The summed E-state index contributed by atoms with van der Waals surface area (Å²) in [5.74, 6) is 0.563. The highest BCUT2D eigenvalue weighted by molar-refractivity contribution is 5.70. The van der Waals surface area contributed by atoms with Crippen LogP contribution in [0.25, 0.3) is 22.6 Å². The van der Waals surface area contributed by atoms with Gasteiger partial charge in [-0.2, -0.15) is 18.2 Å². The minimum Gasteiger partial charge on any atom is -0.485 e. The van der Waals surface area contributed by atoms with Crippen LogP contribution < -0.4 is 4.74 Å². The van der Waals surface area contributed by atoms with Gasteiger partial charge in [0.1, 0.15) is 5.75 Å². The zero-order valence-electron chi connectivity index (χ0n) is 15.1. The van der Waals surface area contributed by atoms with Gasteiger partial charge in [0.2, 0.25) is 5.82 Å². The Morgan fingerprint density at radius 2 is 1.45 bits per heavy atom. The van der Waals surface area contributed by atoms with E-state index in [0.717, 1.165) is 17.2 Å². The van der Waals surface area contributed by atoms with Gasteiger partial charge in [0.25, 0.3) is 5.89 Å². The Hall–Kier alpha value is -3.61. The van der Waals surface area contributed by atoms with Crippen LogP contribution in [0.15, 0.2) is 83.4 Å². The first kappa shape index (κ1) is 18.7. The normalized spacial score (nSPS) is 11.4. The van der Waals surface area contributed by atoms with Gasteiger partial charge in [-0.25, -0.2) is 0 Å². The second kappa shape index (κ2) is 7.79. The fraction of sp³-hybridized carbons (Fsp3) is 0.0909. The van der Waals surface area contributed by atoms with Gasteiger partial charge in [0.15, 0.2) is 6.61 Å². The van der Waals surface area contributed by atoms with E-state index < -0.39 is 11.7 Å². The number of hydrogen-bond acceptors (Lipinski definition) is 4. The maximum Gasteiger partial charge on any atom is 0.417 e. The van der Waals surface area contributed by atoms with Crippen LogP contribution in [0.1, 0.15) is 11.4 Å². The molecular formula is C22H15F3N2O2. The molecular weight excluding hydrogens is 381 g/mol. The molecule has 0 aliphatic heterocycles. The summed E-state index contributed by atoms with van der Waals surface area (Å²) in [6.45, 7) is -0.0401. The first-order valence-electron chi connectivity index (χ1n) is 8.79. The predicted octanol–water partition coefficient (Wildman–Crippen LogP) is 6.00. The summed E-state index contributed by atoms with van der Waals surface area (Å²) < 4.78 is 50.5. The van der Waals surface area contributed by atoms with E-state index in [2.05, 4.69) is 10.1 Å². The minimum atomic E-state index is -4.52. The van der Waals surface area contributed by atoms with E-state index in [9.17, 15) is 13.2 Å². The van der Waals surface area contributed by atoms with Gasteiger partial charge in [-0.3, -0.25) is 0 Å². The molecule has 0 N–H and O–H groups in total. The van der Waals surface area contributed by atoms with Crippen LogP contribution in [-0.4, -0.2) is 10.1 Å². The fourth-order valence-corrected chi connectivity index (χ4v) is 2.93. The van der Waals surface area contributed by atoms with Crippen LogP contribution in [0, 0.1) is 0 Å². The molecule has 0 fully saturated rings. The van der Waals surface area contributed by atoms with E-state index in [4.69, 9.17) is 9.26 Å². The number of alkyl halides is 3. The quantitative estimate of drug-likeness (QED) is 0.415. The third-order valence-electron chi connectivity index (χ3n) is 4.26. The number of aromatic nitrogens is 2. The molecule has 4 aromatic rings. The molecule has 1 aromatic heterocycles. The van der Waals surface area contributed by atoms with Gasteiger partial charge < -0.3 is 9.26 Å². The van der Waals surface area contributed by atoms with E-state index in [1.807, 2.05) is 54.6 Å². The molecule has 4 nitrogen and oxygen atoms in total. The molecule has 3 aromatic carbocycles. The second-order valence-electron chi connectivity index (χ2n) is 6.21. The van der Waals surface area contributed by atoms with Crippen molar-refractivity contribution in [1.82, 2.24) is 10.1 Å². The molecule has 29 heavy (non-hydrogen) atoms. The molecule has 0 amide bonds. The zero-order chi connectivity index (χ0) is 20.3. The monoisotopic (exact) mass is 396 g/mol. The van der Waals surface area contributed by atoms with E-state index in [0.29, 0.717) is 5.75 Å². The molecule has 0 saturated heterocycles. The SMILES string of the molecule is FC(F)(F)c1ccccc1-c1nc(COc2ccccc2-c2ccccc2)no1. The van der Waals surface area contributed by atoms with Crippen LogP contribution in [0.5, 0.6) is 5.75 Å². The Balaban J connectivity index is 1.56. The molecule has 1 heterocycles. The van der Waals surface area contributed by atoms with Crippen LogP contribution in [0.4, 0.5) is 13.2 Å². The van der Waals surface area contributed by atoms with Crippen LogP contribution in [0.3, 0.4) is 0 Å². The smallest absolute Gasteiger partial charge is 0.417 e. The van der Waals surface area contributed by atoms with Crippen molar-refractivity contribution < 1.29 is 22.4 Å². The Labute approximate surface area is 164 Å². The van der Waals surface area contributed by atoms with Crippen molar-refractivity contribution in [1.29, 1.82) is 0 Å². The number of nitrogens with zero attached hydrogens (tertiary/aromatic N) is 2. The molecule has 0 aliphatic rings. The van der Waals surface area contributed by atoms with Crippen molar-refractivity contribution in [3.05, 3.63) is 90.3 Å². The first-order valence-corrected chi connectivity index (χ1v) is 8.79. The van der Waals surface area contributed by atoms with Crippen LogP contribution in [-0.2, 0) is 12.8 Å². The lowest BCUT2D eigenvalue weighted by atomic mass is 10.1. The molecule has 0 aliphatic carbocycles. The van der Waals surface area contributed by atoms with Gasteiger partial charge in [-0.15, -0.1) is 0 Å². The highest BCUT2D eigenvalue weighted by atomic mass is 19.4. The molecule has 0 unspecified atom stereocenters. The lowest BCUT2D eigenvalue weighted by molar-refractivity contribution is -0.137. The van der Waals surface area contributed by atoms with Crippen molar-refractivity contribution in [3.63, 3.8) is 0 Å². The lowest BCUT2D eigenvalue weighted by Gasteiger charge is -2.10. The molecule has 7 heteroatoms. The standard InChI is InChI=1S/C22H15F3N2O2/c23-22(24,25)18-12-6-4-11-17(18)21-26-20(27-29-21)14-28-19-13-7-5-10-16(19)15-8-2-1-3-9-15/h1-13H,14H2. The summed E-state index contributed by atoms with van der Waals surface area (Å²) in [7, 11) is 0. The van der Waals surface area contributed by atoms with E-state index in [1.54, 1.807) is 0 Å². The Morgan fingerprint density at radius 1 is 0.793 bits per heavy atom. The lowest BCUT2D eigenvalue weighted by Crippen LogP contribution is -2.07. The average molecular weight is 396 g/mol. The third kappa shape index (κ3) is 4.13. The molecule has 0 spiro atoms. The van der Waals surface area contributed by atoms with Crippen LogP contribution >= 0.6 is 0 Å². The summed E-state index contributed by atoms with van der Waals surface area (Å²) >= 11 is 0. The number of para-hydroxylation sites is 1. The largest absolute Gasteiger partial charge is 0.485 e. The van der Waals surface area contributed by atoms with Gasteiger partial charge >= 0.3 is 6.18 Å². The number of rotatable bonds is 5. The van der Waals surface area contributed by atoms with E-state index in [1.165, 1.54) is 18.2 Å². The van der Waals surface area contributed by atoms with Crippen molar-refractivity contribution >= 4 is 0 Å². The molecule has 146 valence electrons. The zero-order valence-corrected chi connectivity index (χ0v) is 15.1. The topological polar surface area (TPSA) is 48.2 Å². The number of halogens is 3. The van der Waals surface area contributed by atoms with Gasteiger partial charge in [-0.1, -0.05) is 65.8 Å². The second-order valence-corrected chi connectivity index (χ2v) is 6.21. The number of ether oxygens (including phenoxy) is 1. The Bertz CT molecular complexity index is 1110. The van der Waals surface area contributed by atoms with Gasteiger partial charge in [0.05, 0.1) is 11.1 Å². The molecule has 0 bridgehead atoms. The summed E-state index contributed by atoms with van der Waals surface area (Å²) in [5, 5.41) is 3.75. The molecule has 0 radical (unpaired) electrons.